The van der Waals surface area contributed by atoms with Crippen molar-refractivity contribution in [1.82, 2.24) is 14.7 Å². The topological polar surface area (TPSA) is 67.7 Å². The van der Waals surface area contributed by atoms with Gasteiger partial charge >= 0.3 is 5.97 Å². The van der Waals surface area contributed by atoms with E-state index in [1.54, 1.807) is 4.90 Å². The molecular formula is C31H32N4O3. The molecule has 0 saturated carbocycles. The third kappa shape index (κ3) is 5.32. The molecule has 7 nitrogen and oxygen atoms in total. The highest BCUT2D eigenvalue weighted by molar-refractivity contribution is 5.91. The molecule has 1 aliphatic heterocycles. The fourth-order valence-electron chi connectivity index (χ4n) is 5.09. The Hall–Kier alpha value is -4.39. The second-order valence-corrected chi connectivity index (χ2v) is 9.56. The van der Waals surface area contributed by atoms with Crippen LogP contribution < -0.4 is 4.90 Å². The molecule has 0 aliphatic carbocycles. The van der Waals surface area contributed by atoms with E-state index in [2.05, 4.69) is 17.0 Å². The minimum Gasteiger partial charge on any atom is -0.467 e. The van der Waals surface area contributed by atoms with Crippen LogP contribution in [0, 0.1) is 6.92 Å². The van der Waals surface area contributed by atoms with Gasteiger partial charge in [-0.2, -0.15) is 5.10 Å². The van der Waals surface area contributed by atoms with Gasteiger partial charge in [-0.3, -0.25) is 9.48 Å². The van der Waals surface area contributed by atoms with Gasteiger partial charge < -0.3 is 14.5 Å². The van der Waals surface area contributed by atoms with Gasteiger partial charge in [0.15, 0.2) is 5.82 Å². The van der Waals surface area contributed by atoms with E-state index in [1.807, 2.05) is 96.5 Å². The van der Waals surface area contributed by atoms with E-state index < -0.39 is 17.9 Å². The van der Waals surface area contributed by atoms with Crippen LogP contribution in [0.25, 0.3) is 0 Å². The van der Waals surface area contributed by atoms with Crippen molar-refractivity contribution in [3.05, 3.63) is 119 Å². The Balaban J connectivity index is 1.40. The zero-order valence-electron chi connectivity index (χ0n) is 21.7. The van der Waals surface area contributed by atoms with E-state index in [9.17, 15) is 9.59 Å². The zero-order chi connectivity index (χ0) is 26.5. The number of carbonyl (C=O) groups is 2. The highest BCUT2D eigenvalue weighted by atomic mass is 16.5. The van der Waals surface area contributed by atoms with Crippen LogP contribution in [0.3, 0.4) is 0 Å². The minimum absolute atomic E-state index is 0.108. The van der Waals surface area contributed by atoms with E-state index in [0.29, 0.717) is 26.2 Å². The fourth-order valence-corrected chi connectivity index (χ4v) is 5.09. The fraction of sp³-hybridized carbons (Fsp3) is 0.258. The molecule has 1 unspecified atom stereocenters. The average molecular weight is 509 g/mol. The molecule has 1 amide bonds. The minimum atomic E-state index is -0.740. The number of benzene rings is 3. The van der Waals surface area contributed by atoms with Crippen LogP contribution in [0.15, 0.2) is 97.1 Å². The standard InChI is InChI=1S/C31H32N4O3/c1-23-20-28(32-35(23)21-24-12-6-3-7-13-24)33-18-19-34(27(22-33)31(37)38-2)30(36)29(25-14-8-4-9-15-25)26-16-10-5-11-17-26/h3-17,20,27,29H,18-19,21-22H2,1-2H3. The summed E-state index contributed by atoms with van der Waals surface area (Å²) in [6.07, 6.45) is 0. The maximum atomic E-state index is 14.1. The van der Waals surface area contributed by atoms with Gasteiger partial charge in [0.2, 0.25) is 5.91 Å². The maximum Gasteiger partial charge on any atom is 0.330 e. The van der Waals surface area contributed by atoms with Crippen molar-refractivity contribution in [3.63, 3.8) is 0 Å². The SMILES string of the molecule is COC(=O)C1CN(c2cc(C)n(Cc3ccccc3)n2)CCN1C(=O)C(c1ccccc1)c1ccccc1. The van der Waals surface area contributed by atoms with Gasteiger partial charge in [0, 0.05) is 24.8 Å². The number of aryl methyl sites for hydroxylation is 1. The van der Waals surface area contributed by atoms with Crippen molar-refractivity contribution >= 4 is 17.7 Å². The summed E-state index contributed by atoms with van der Waals surface area (Å²) in [5.41, 5.74) is 3.99. The summed E-state index contributed by atoms with van der Waals surface area (Å²) in [7, 11) is 1.37. The van der Waals surface area contributed by atoms with Crippen LogP contribution in [-0.2, 0) is 20.9 Å². The van der Waals surface area contributed by atoms with E-state index in [-0.39, 0.29) is 5.91 Å². The molecule has 0 spiro atoms. The number of carbonyl (C=O) groups excluding carboxylic acids is 2. The Morgan fingerprint density at radius 2 is 1.47 bits per heavy atom. The smallest absolute Gasteiger partial charge is 0.330 e. The van der Waals surface area contributed by atoms with Crippen LogP contribution in [-0.4, -0.2) is 59.3 Å². The lowest BCUT2D eigenvalue weighted by Crippen LogP contribution is -2.59. The Morgan fingerprint density at radius 1 is 0.895 bits per heavy atom. The number of esters is 1. The summed E-state index contributed by atoms with van der Waals surface area (Å²) in [5, 5.41) is 4.84. The Labute approximate surface area is 223 Å². The van der Waals surface area contributed by atoms with Crippen molar-refractivity contribution in [2.75, 3.05) is 31.6 Å². The van der Waals surface area contributed by atoms with Crippen molar-refractivity contribution < 1.29 is 14.3 Å². The lowest BCUT2D eigenvalue weighted by atomic mass is 9.89. The summed E-state index contributed by atoms with van der Waals surface area (Å²) in [6.45, 7) is 3.97. The quantitative estimate of drug-likeness (QED) is 0.349. The van der Waals surface area contributed by atoms with Gasteiger partial charge in [-0.15, -0.1) is 0 Å². The number of nitrogens with zero attached hydrogens (tertiary/aromatic N) is 4. The molecule has 3 aromatic carbocycles. The monoisotopic (exact) mass is 508 g/mol. The molecule has 2 heterocycles. The summed E-state index contributed by atoms with van der Waals surface area (Å²) in [5.74, 6) is -0.253. The molecule has 5 rings (SSSR count). The van der Waals surface area contributed by atoms with E-state index in [1.165, 1.54) is 12.7 Å². The number of piperazine rings is 1. The third-order valence-electron chi connectivity index (χ3n) is 7.12. The van der Waals surface area contributed by atoms with E-state index in [4.69, 9.17) is 9.84 Å². The van der Waals surface area contributed by atoms with Crippen LogP contribution in [0.4, 0.5) is 5.82 Å². The molecule has 1 aromatic heterocycles. The number of hydrogen-bond acceptors (Lipinski definition) is 5. The first-order chi connectivity index (χ1) is 18.5. The molecule has 1 fully saturated rings. The predicted molar refractivity (Wildman–Crippen MR) is 147 cm³/mol. The highest BCUT2D eigenvalue weighted by Gasteiger charge is 2.40. The Bertz CT molecular complexity index is 1330. The molecule has 1 atom stereocenters. The largest absolute Gasteiger partial charge is 0.467 e. The van der Waals surface area contributed by atoms with Crippen LogP contribution >= 0.6 is 0 Å². The summed E-state index contributed by atoms with van der Waals surface area (Å²) in [6, 6.07) is 30.9. The second-order valence-electron chi connectivity index (χ2n) is 9.56. The molecule has 0 radical (unpaired) electrons. The number of anilines is 1. The van der Waals surface area contributed by atoms with Gasteiger partial charge in [-0.1, -0.05) is 91.0 Å². The molecule has 38 heavy (non-hydrogen) atoms. The Morgan fingerprint density at radius 3 is 2.05 bits per heavy atom. The van der Waals surface area contributed by atoms with Crippen molar-refractivity contribution in [2.45, 2.75) is 25.4 Å². The lowest BCUT2D eigenvalue weighted by molar-refractivity contribution is -0.153. The number of hydrogen-bond donors (Lipinski definition) is 0. The predicted octanol–water partition coefficient (Wildman–Crippen LogP) is 4.26. The molecule has 0 bridgehead atoms. The number of methoxy groups -OCH3 is 1. The molecule has 0 N–H and O–H groups in total. The van der Waals surface area contributed by atoms with Crippen molar-refractivity contribution in [3.8, 4) is 0 Å². The van der Waals surface area contributed by atoms with E-state index >= 15 is 0 Å². The Kier molecular flexibility index (Phi) is 7.54. The van der Waals surface area contributed by atoms with Gasteiger partial charge in [0.05, 0.1) is 26.1 Å². The van der Waals surface area contributed by atoms with Gasteiger partial charge in [0.25, 0.3) is 0 Å². The maximum absolute atomic E-state index is 14.1. The first-order valence-corrected chi connectivity index (χ1v) is 12.9. The van der Waals surface area contributed by atoms with Crippen LogP contribution in [0.5, 0.6) is 0 Å². The van der Waals surface area contributed by atoms with Gasteiger partial charge in [-0.25, -0.2) is 4.79 Å². The van der Waals surface area contributed by atoms with Gasteiger partial charge in [0.1, 0.15) is 6.04 Å². The molecule has 1 saturated heterocycles. The highest BCUT2D eigenvalue weighted by Crippen LogP contribution is 2.30. The first kappa shape index (κ1) is 25.3. The first-order valence-electron chi connectivity index (χ1n) is 12.9. The number of rotatable bonds is 7. The summed E-state index contributed by atoms with van der Waals surface area (Å²) < 4.78 is 7.14. The third-order valence-corrected chi connectivity index (χ3v) is 7.12. The van der Waals surface area contributed by atoms with Crippen LogP contribution in [0.2, 0.25) is 0 Å². The second kappa shape index (κ2) is 11.3. The molecule has 1 aliphatic rings. The molecular weight excluding hydrogens is 476 g/mol. The van der Waals surface area contributed by atoms with Crippen LogP contribution in [0.1, 0.15) is 28.3 Å². The van der Waals surface area contributed by atoms with Gasteiger partial charge in [-0.05, 0) is 23.6 Å². The normalized spacial score (nSPS) is 15.5. The summed E-state index contributed by atoms with van der Waals surface area (Å²) >= 11 is 0. The molecule has 194 valence electrons. The number of aromatic nitrogens is 2. The average Bonchev–Trinajstić information content (AvgIpc) is 3.33. The zero-order valence-corrected chi connectivity index (χ0v) is 21.7. The lowest BCUT2D eigenvalue weighted by Gasteiger charge is -2.41. The van der Waals surface area contributed by atoms with Crippen molar-refractivity contribution in [2.24, 2.45) is 0 Å². The number of amides is 1. The van der Waals surface area contributed by atoms with Crippen molar-refractivity contribution in [1.29, 1.82) is 0 Å². The number of ether oxygens (including phenoxy) is 1. The van der Waals surface area contributed by atoms with E-state index in [0.717, 1.165) is 22.6 Å². The summed E-state index contributed by atoms with van der Waals surface area (Å²) in [4.78, 5) is 30.9. The molecule has 7 heteroatoms. The molecule has 4 aromatic rings.